The quantitative estimate of drug-likeness (QED) is 0.838. The van der Waals surface area contributed by atoms with Gasteiger partial charge < -0.3 is 10.1 Å². The minimum absolute atomic E-state index is 0.183. The Bertz CT molecular complexity index is 537. The predicted molar refractivity (Wildman–Crippen MR) is 80.5 cm³/mol. The van der Waals surface area contributed by atoms with Gasteiger partial charge in [-0.2, -0.15) is 0 Å². The van der Waals surface area contributed by atoms with Crippen LogP contribution in [-0.2, 0) is 6.54 Å². The molecule has 2 aromatic carbocycles. The van der Waals surface area contributed by atoms with Crippen molar-refractivity contribution in [2.24, 2.45) is 5.92 Å². The van der Waals surface area contributed by atoms with E-state index in [4.69, 9.17) is 4.74 Å². The van der Waals surface area contributed by atoms with Gasteiger partial charge in [0.1, 0.15) is 11.6 Å². The van der Waals surface area contributed by atoms with E-state index >= 15 is 0 Å². The van der Waals surface area contributed by atoms with E-state index in [-0.39, 0.29) is 5.82 Å². The highest BCUT2D eigenvalue weighted by molar-refractivity contribution is 5.46. The Morgan fingerprint density at radius 1 is 1.05 bits per heavy atom. The van der Waals surface area contributed by atoms with Crippen molar-refractivity contribution in [1.29, 1.82) is 0 Å². The zero-order valence-electron chi connectivity index (χ0n) is 11.9. The highest BCUT2D eigenvalue weighted by atomic mass is 19.1. The molecule has 20 heavy (non-hydrogen) atoms. The number of nitrogens with one attached hydrogen (secondary N) is 1. The summed E-state index contributed by atoms with van der Waals surface area (Å²) in [6.07, 6.45) is 0. The fraction of sp³-hybridized carbons (Fsp3) is 0.294. The summed E-state index contributed by atoms with van der Waals surface area (Å²) >= 11 is 0. The van der Waals surface area contributed by atoms with Gasteiger partial charge in [-0.1, -0.05) is 32.0 Å². The second-order valence-electron chi connectivity index (χ2n) is 5.17. The van der Waals surface area contributed by atoms with Gasteiger partial charge in [-0.25, -0.2) is 4.39 Å². The van der Waals surface area contributed by atoms with Gasteiger partial charge in [0.15, 0.2) is 0 Å². The molecule has 0 spiro atoms. The second kappa shape index (κ2) is 6.94. The fourth-order valence-corrected chi connectivity index (χ4v) is 1.77. The first kappa shape index (κ1) is 14.4. The molecule has 2 aromatic rings. The third kappa shape index (κ3) is 4.26. The smallest absolute Gasteiger partial charge is 0.128 e. The topological polar surface area (TPSA) is 21.3 Å². The van der Waals surface area contributed by atoms with E-state index in [2.05, 4.69) is 19.2 Å². The lowest BCUT2D eigenvalue weighted by atomic mass is 10.2. The molecule has 106 valence electrons. The first-order valence-corrected chi connectivity index (χ1v) is 6.85. The van der Waals surface area contributed by atoms with Crippen molar-refractivity contribution in [3.63, 3.8) is 0 Å². The molecule has 0 aliphatic carbocycles. The molecule has 1 N–H and O–H groups in total. The molecule has 3 heteroatoms. The molecule has 0 saturated carbocycles. The van der Waals surface area contributed by atoms with Gasteiger partial charge >= 0.3 is 0 Å². The molecule has 0 radical (unpaired) electrons. The molecule has 2 nitrogen and oxygen atoms in total. The van der Waals surface area contributed by atoms with E-state index in [1.54, 1.807) is 12.1 Å². The van der Waals surface area contributed by atoms with E-state index in [1.807, 2.05) is 30.3 Å². The number of anilines is 1. The van der Waals surface area contributed by atoms with Crippen LogP contribution in [0.5, 0.6) is 5.75 Å². The Balaban J connectivity index is 1.89. The summed E-state index contributed by atoms with van der Waals surface area (Å²) in [7, 11) is 0. The molecule has 0 bridgehead atoms. The van der Waals surface area contributed by atoms with E-state index in [9.17, 15) is 4.39 Å². The average molecular weight is 273 g/mol. The number of hydrogen-bond acceptors (Lipinski definition) is 2. The molecule has 2 rings (SSSR count). The zero-order chi connectivity index (χ0) is 14.4. The van der Waals surface area contributed by atoms with Crippen molar-refractivity contribution in [2.45, 2.75) is 20.4 Å². The lowest BCUT2D eigenvalue weighted by Crippen LogP contribution is -2.05. The van der Waals surface area contributed by atoms with Crippen molar-refractivity contribution in [1.82, 2.24) is 0 Å². The maximum absolute atomic E-state index is 13.5. The molecule has 0 atom stereocenters. The maximum atomic E-state index is 13.5. The van der Waals surface area contributed by atoms with Crippen LogP contribution in [-0.4, -0.2) is 6.61 Å². The van der Waals surface area contributed by atoms with Crippen LogP contribution in [0.25, 0.3) is 0 Å². The van der Waals surface area contributed by atoms with E-state index in [0.717, 1.165) is 11.4 Å². The fourth-order valence-electron chi connectivity index (χ4n) is 1.77. The van der Waals surface area contributed by atoms with Crippen LogP contribution in [0.3, 0.4) is 0 Å². The van der Waals surface area contributed by atoms with Crippen LogP contribution in [0.2, 0.25) is 0 Å². The van der Waals surface area contributed by atoms with Gasteiger partial charge in [0.05, 0.1) is 6.61 Å². The summed E-state index contributed by atoms with van der Waals surface area (Å²) in [6, 6.07) is 14.5. The Morgan fingerprint density at radius 3 is 2.40 bits per heavy atom. The highest BCUT2D eigenvalue weighted by Crippen LogP contribution is 2.17. The van der Waals surface area contributed by atoms with Crippen LogP contribution in [0.4, 0.5) is 10.1 Å². The number of benzene rings is 2. The Hall–Kier alpha value is -2.03. The molecule has 0 amide bonds. The second-order valence-corrected chi connectivity index (χ2v) is 5.17. The molecule has 0 heterocycles. The van der Waals surface area contributed by atoms with Crippen LogP contribution < -0.4 is 10.1 Å². The van der Waals surface area contributed by atoms with E-state index in [0.29, 0.717) is 24.6 Å². The standard InChI is InChI=1S/C17H20FNO/c1-13(2)12-20-16-9-7-15(8-10-16)19-11-14-5-3-4-6-17(14)18/h3-10,13,19H,11-12H2,1-2H3. The molecule has 0 unspecified atom stereocenters. The third-order valence-corrected chi connectivity index (χ3v) is 2.88. The van der Waals surface area contributed by atoms with Crippen LogP contribution in [0, 0.1) is 11.7 Å². The summed E-state index contributed by atoms with van der Waals surface area (Å²) in [5.41, 5.74) is 1.61. The Morgan fingerprint density at radius 2 is 1.75 bits per heavy atom. The minimum Gasteiger partial charge on any atom is -0.493 e. The molecule has 0 aliphatic rings. The van der Waals surface area contributed by atoms with Crippen molar-refractivity contribution < 1.29 is 9.13 Å². The normalized spacial score (nSPS) is 10.6. The molecular weight excluding hydrogens is 253 g/mol. The van der Waals surface area contributed by atoms with Gasteiger partial charge in [-0.3, -0.25) is 0 Å². The first-order valence-electron chi connectivity index (χ1n) is 6.85. The molecule has 0 fully saturated rings. The summed E-state index contributed by atoms with van der Waals surface area (Å²) in [5.74, 6) is 1.18. The van der Waals surface area contributed by atoms with Gasteiger partial charge in [-0.15, -0.1) is 0 Å². The number of hydrogen-bond donors (Lipinski definition) is 1. The largest absolute Gasteiger partial charge is 0.493 e. The number of rotatable bonds is 6. The summed E-state index contributed by atoms with van der Waals surface area (Å²) < 4.78 is 19.1. The van der Waals surface area contributed by atoms with Gasteiger partial charge in [0.25, 0.3) is 0 Å². The average Bonchev–Trinajstić information content (AvgIpc) is 2.45. The number of halogens is 1. The van der Waals surface area contributed by atoms with Crippen molar-refractivity contribution >= 4 is 5.69 Å². The van der Waals surface area contributed by atoms with Gasteiger partial charge in [0.2, 0.25) is 0 Å². The lowest BCUT2D eigenvalue weighted by Gasteiger charge is -2.10. The van der Waals surface area contributed by atoms with Crippen LogP contribution >= 0.6 is 0 Å². The van der Waals surface area contributed by atoms with Crippen molar-refractivity contribution in [3.8, 4) is 5.75 Å². The third-order valence-electron chi connectivity index (χ3n) is 2.88. The molecule has 0 saturated heterocycles. The Labute approximate surface area is 119 Å². The van der Waals surface area contributed by atoms with Crippen LogP contribution in [0.15, 0.2) is 48.5 Å². The lowest BCUT2D eigenvalue weighted by molar-refractivity contribution is 0.271. The van der Waals surface area contributed by atoms with Crippen molar-refractivity contribution in [3.05, 3.63) is 59.9 Å². The van der Waals surface area contributed by atoms with Crippen molar-refractivity contribution in [2.75, 3.05) is 11.9 Å². The molecular formula is C17H20FNO. The number of ether oxygens (including phenoxy) is 1. The molecule has 0 aliphatic heterocycles. The maximum Gasteiger partial charge on any atom is 0.128 e. The minimum atomic E-state index is -0.183. The SMILES string of the molecule is CC(C)COc1ccc(NCc2ccccc2F)cc1. The zero-order valence-corrected chi connectivity index (χ0v) is 11.9. The predicted octanol–water partition coefficient (Wildman–Crippen LogP) is 4.47. The highest BCUT2D eigenvalue weighted by Gasteiger charge is 2.01. The summed E-state index contributed by atoms with van der Waals surface area (Å²) in [6.45, 7) is 5.41. The van der Waals surface area contributed by atoms with Gasteiger partial charge in [-0.05, 0) is 36.2 Å². The van der Waals surface area contributed by atoms with Crippen LogP contribution in [0.1, 0.15) is 19.4 Å². The summed E-state index contributed by atoms with van der Waals surface area (Å²) in [4.78, 5) is 0. The van der Waals surface area contributed by atoms with Gasteiger partial charge in [0, 0.05) is 17.8 Å². The van der Waals surface area contributed by atoms with E-state index < -0.39 is 0 Å². The Kier molecular flexibility index (Phi) is 4.99. The molecule has 0 aromatic heterocycles. The monoisotopic (exact) mass is 273 g/mol. The van der Waals surface area contributed by atoms with E-state index in [1.165, 1.54) is 6.07 Å². The first-order chi connectivity index (χ1) is 9.65. The summed E-state index contributed by atoms with van der Waals surface area (Å²) in [5, 5.41) is 3.20.